The molecule has 0 bridgehead atoms. The molecule has 15 heavy (non-hydrogen) atoms. The van der Waals surface area contributed by atoms with Gasteiger partial charge in [0.2, 0.25) is 0 Å². The summed E-state index contributed by atoms with van der Waals surface area (Å²) < 4.78 is 5.71. The van der Waals surface area contributed by atoms with Gasteiger partial charge in [0, 0.05) is 12.3 Å². The van der Waals surface area contributed by atoms with E-state index in [9.17, 15) is 5.11 Å². The van der Waals surface area contributed by atoms with E-state index in [1.807, 2.05) is 30.3 Å². The van der Waals surface area contributed by atoms with Gasteiger partial charge in [-0.2, -0.15) is 0 Å². The topological polar surface area (TPSA) is 29.5 Å². The van der Waals surface area contributed by atoms with Crippen molar-refractivity contribution in [1.82, 2.24) is 0 Å². The number of aliphatic hydroxyl groups is 1. The average Bonchev–Trinajstić information content (AvgIpc) is 2.30. The largest absolute Gasteiger partial charge is 0.392 e. The summed E-state index contributed by atoms with van der Waals surface area (Å²) >= 11 is 0. The van der Waals surface area contributed by atoms with Gasteiger partial charge in [-0.3, -0.25) is 0 Å². The molecule has 2 nitrogen and oxygen atoms in total. The van der Waals surface area contributed by atoms with Crippen LogP contribution < -0.4 is 0 Å². The average molecular weight is 204 g/mol. The lowest BCUT2D eigenvalue weighted by molar-refractivity contribution is -0.0705. The van der Waals surface area contributed by atoms with Gasteiger partial charge in [-0.1, -0.05) is 36.4 Å². The van der Waals surface area contributed by atoms with E-state index in [4.69, 9.17) is 4.74 Å². The van der Waals surface area contributed by atoms with Gasteiger partial charge >= 0.3 is 0 Å². The van der Waals surface area contributed by atoms with Gasteiger partial charge in [0.05, 0.1) is 18.8 Å². The molecule has 0 aliphatic carbocycles. The van der Waals surface area contributed by atoms with Crippen LogP contribution in [0.4, 0.5) is 0 Å². The van der Waals surface area contributed by atoms with Gasteiger partial charge in [0.25, 0.3) is 0 Å². The van der Waals surface area contributed by atoms with E-state index in [1.54, 1.807) is 6.08 Å². The second kappa shape index (κ2) is 4.60. The normalized spacial score (nSPS) is 31.1. The minimum absolute atomic E-state index is 0.0254. The molecule has 2 rings (SSSR count). The Bertz CT molecular complexity index is 321. The van der Waals surface area contributed by atoms with Crippen molar-refractivity contribution >= 4 is 0 Å². The smallest absolute Gasteiger partial charge is 0.0850 e. The zero-order valence-corrected chi connectivity index (χ0v) is 8.67. The number of benzene rings is 1. The summed E-state index contributed by atoms with van der Waals surface area (Å²) in [4.78, 5) is 0. The monoisotopic (exact) mass is 204 g/mol. The maximum Gasteiger partial charge on any atom is 0.0850 e. The van der Waals surface area contributed by atoms with Crippen molar-refractivity contribution in [2.24, 2.45) is 5.92 Å². The van der Waals surface area contributed by atoms with E-state index in [0.29, 0.717) is 13.0 Å². The highest BCUT2D eigenvalue weighted by Crippen LogP contribution is 2.30. The fourth-order valence-corrected chi connectivity index (χ4v) is 1.93. The van der Waals surface area contributed by atoms with Crippen molar-refractivity contribution in [1.29, 1.82) is 0 Å². The fourth-order valence-electron chi connectivity index (χ4n) is 1.93. The molecule has 0 unspecified atom stereocenters. The lowest BCUT2D eigenvalue weighted by Crippen LogP contribution is -2.32. The van der Waals surface area contributed by atoms with Crippen LogP contribution in [0, 0.1) is 5.92 Å². The summed E-state index contributed by atoms with van der Waals surface area (Å²) in [5.74, 6) is 0.0740. The van der Waals surface area contributed by atoms with Crippen LogP contribution in [0.2, 0.25) is 0 Å². The Kier molecular flexibility index (Phi) is 3.19. The van der Waals surface area contributed by atoms with Gasteiger partial charge in [-0.15, -0.1) is 6.58 Å². The first kappa shape index (κ1) is 10.4. The molecule has 0 aromatic heterocycles. The van der Waals surface area contributed by atoms with Crippen LogP contribution >= 0.6 is 0 Å². The summed E-state index contributed by atoms with van der Waals surface area (Å²) in [5.41, 5.74) is 1.14. The molecule has 1 aliphatic heterocycles. The van der Waals surface area contributed by atoms with E-state index in [2.05, 4.69) is 6.58 Å². The predicted octanol–water partition coefficient (Wildman–Crippen LogP) is 2.31. The molecule has 1 aromatic rings. The molecular formula is C13H16O2. The standard InChI is InChI=1S/C13H16O2/c1-2-10-9-15-13(8-12(10)14)11-6-4-3-5-7-11/h2-7,10,12-14H,1,8-9H2/t10-,12+,13-/m1/s1. The van der Waals surface area contributed by atoms with Crippen molar-refractivity contribution in [2.45, 2.75) is 18.6 Å². The van der Waals surface area contributed by atoms with Crippen molar-refractivity contribution < 1.29 is 9.84 Å². The molecule has 1 aromatic carbocycles. The van der Waals surface area contributed by atoms with Crippen LogP contribution in [-0.2, 0) is 4.74 Å². The quantitative estimate of drug-likeness (QED) is 0.749. The Morgan fingerprint density at radius 1 is 1.33 bits per heavy atom. The third kappa shape index (κ3) is 2.28. The molecule has 1 heterocycles. The molecule has 0 amide bonds. The van der Waals surface area contributed by atoms with E-state index in [-0.39, 0.29) is 18.1 Å². The maximum atomic E-state index is 9.85. The Balaban J connectivity index is 2.06. The Morgan fingerprint density at radius 2 is 2.07 bits per heavy atom. The molecule has 0 radical (unpaired) electrons. The molecule has 2 heteroatoms. The van der Waals surface area contributed by atoms with Crippen LogP contribution in [-0.4, -0.2) is 17.8 Å². The van der Waals surface area contributed by atoms with Crippen LogP contribution in [0.25, 0.3) is 0 Å². The third-order valence-corrected chi connectivity index (χ3v) is 2.91. The molecular weight excluding hydrogens is 188 g/mol. The highest BCUT2D eigenvalue weighted by atomic mass is 16.5. The Hall–Kier alpha value is -1.12. The molecule has 1 saturated heterocycles. The summed E-state index contributed by atoms with van der Waals surface area (Å²) in [5, 5.41) is 9.85. The Morgan fingerprint density at radius 3 is 2.67 bits per heavy atom. The summed E-state index contributed by atoms with van der Waals surface area (Å²) in [6.45, 7) is 4.25. The number of rotatable bonds is 2. The molecule has 0 spiro atoms. The first-order valence-corrected chi connectivity index (χ1v) is 5.28. The minimum Gasteiger partial charge on any atom is -0.392 e. The SMILES string of the molecule is C=C[C@@H]1CO[C@@H](c2ccccc2)C[C@@H]1O. The molecule has 1 aliphatic rings. The second-order valence-corrected chi connectivity index (χ2v) is 3.94. The van der Waals surface area contributed by atoms with E-state index in [1.165, 1.54) is 0 Å². The number of ether oxygens (including phenoxy) is 1. The van der Waals surface area contributed by atoms with Gasteiger partial charge in [-0.05, 0) is 5.56 Å². The fraction of sp³-hybridized carbons (Fsp3) is 0.385. The lowest BCUT2D eigenvalue weighted by atomic mass is 9.92. The third-order valence-electron chi connectivity index (χ3n) is 2.91. The maximum absolute atomic E-state index is 9.85. The highest BCUT2D eigenvalue weighted by Gasteiger charge is 2.28. The summed E-state index contributed by atoms with van der Waals surface area (Å²) in [6.07, 6.45) is 2.12. The zero-order valence-electron chi connectivity index (χ0n) is 8.67. The number of aliphatic hydroxyl groups excluding tert-OH is 1. The van der Waals surface area contributed by atoms with Gasteiger partial charge in [0.1, 0.15) is 0 Å². The van der Waals surface area contributed by atoms with Crippen molar-refractivity contribution in [3.8, 4) is 0 Å². The zero-order chi connectivity index (χ0) is 10.7. The summed E-state index contributed by atoms with van der Waals surface area (Å²) in [7, 11) is 0. The second-order valence-electron chi connectivity index (χ2n) is 3.94. The molecule has 1 N–H and O–H groups in total. The van der Waals surface area contributed by atoms with Crippen LogP contribution in [0.3, 0.4) is 0 Å². The van der Waals surface area contributed by atoms with Crippen molar-refractivity contribution in [3.63, 3.8) is 0 Å². The molecule has 0 saturated carbocycles. The van der Waals surface area contributed by atoms with Crippen molar-refractivity contribution in [2.75, 3.05) is 6.61 Å². The van der Waals surface area contributed by atoms with Crippen LogP contribution in [0.15, 0.2) is 43.0 Å². The summed E-state index contributed by atoms with van der Waals surface area (Å²) in [6, 6.07) is 10.0. The van der Waals surface area contributed by atoms with Crippen LogP contribution in [0.1, 0.15) is 18.1 Å². The molecule has 1 fully saturated rings. The molecule has 3 atom stereocenters. The van der Waals surface area contributed by atoms with E-state index in [0.717, 1.165) is 5.56 Å². The first-order valence-electron chi connectivity index (χ1n) is 5.28. The first-order chi connectivity index (χ1) is 7.31. The minimum atomic E-state index is -0.332. The van der Waals surface area contributed by atoms with Gasteiger partial charge in [-0.25, -0.2) is 0 Å². The highest BCUT2D eigenvalue weighted by molar-refractivity contribution is 5.18. The van der Waals surface area contributed by atoms with E-state index >= 15 is 0 Å². The van der Waals surface area contributed by atoms with E-state index < -0.39 is 0 Å². The van der Waals surface area contributed by atoms with Crippen molar-refractivity contribution in [3.05, 3.63) is 48.6 Å². The number of hydrogen-bond donors (Lipinski definition) is 1. The lowest BCUT2D eigenvalue weighted by Gasteiger charge is -2.31. The number of hydrogen-bond acceptors (Lipinski definition) is 2. The van der Waals surface area contributed by atoms with Gasteiger partial charge < -0.3 is 9.84 Å². The molecule has 80 valence electrons. The Labute approximate surface area is 90.2 Å². The predicted molar refractivity (Wildman–Crippen MR) is 59.4 cm³/mol. The van der Waals surface area contributed by atoms with Gasteiger partial charge in [0.15, 0.2) is 0 Å². The van der Waals surface area contributed by atoms with Crippen LogP contribution in [0.5, 0.6) is 0 Å².